The summed E-state index contributed by atoms with van der Waals surface area (Å²) in [6.07, 6.45) is 14.7. The number of aromatic nitrogens is 2. The quantitative estimate of drug-likeness (QED) is 0.0500. The molecule has 69 heavy (non-hydrogen) atoms. The zero-order chi connectivity index (χ0) is 49.0. The Balaban J connectivity index is 0.000000198. The van der Waals surface area contributed by atoms with E-state index in [1.807, 2.05) is 24.3 Å². The molecule has 0 N–H and O–H groups in total. The van der Waals surface area contributed by atoms with E-state index in [0.717, 1.165) is 29.0 Å². The predicted molar refractivity (Wildman–Crippen MR) is 257 cm³/mol. The van der Waals surface area contributed by atoms with Gasteiger partial charge in [0, 0.05) is 48.6 Å². The molecule has 14 nitrogen and oxygen atoms in total. The molecule has 2 aliphatic heterocycles. The van der Waals surface area contributed by atoms with Crippen molar-refractivity contribution in [1.29, 1.82) is 15.8 Å². The van der Waals surface area contributed by atoms with Gasteiger partial charge in [-0.1, -0.05) is 44.0 Å². The van der Waals surface area contributed by atoms with E-state index in [2.05, 4.69) is 47.9 Å². The summed E-state index contributed by atoms with van der Waals surface area (Å²) >= 11 is 0. The fourth-order valence-corrected chi connectivity index (χ4v) is 8.53. The highest BCUT2D eigenvalue weighted by Crippen LogP contribution is 2.44. The number of hydrogen-bond acceptors (Lipinski definition) is 14. The molecule has 0 bridgehead atoms. The fourth-order valence-electron chi connectivity index (χ4n) is 8.53. The zero-order valence-corrected chi connectivity index (χ0v) is 38.7. The number of carbonyl (C=O) groups is 3. The average molecular weight is 934 g/mol. The van der Waals surface area contributed by atoms with Crippen molar-refractivity contribution < 1.29 is 44.2 Å². The third kappa shape index (κ3) is 15.9. The first-order valence-electron chi connectivity index (χ1n) is 23.2. The number of allylic oxidation sites excluding steroid dienone is 1. The summed E-state index contributed by atoms with van der Waals surface area (Å²) in [6.45, 7) is 13.4. The van der Waals surface area contributed by atoms with Gasteiger partial charge in [0.05, 0.1) is 67.9 Å². The molecule has 2 aliphatic carbocycles. The molecule has 3 aromatic carbocycles. The van der Waals surface area contributed by atoms with Crippen LogP contribution in [-0.4, -0.2) is 67.0 Å². The zero-order valence-electron chi connectivity index (χ0n) is 38.7. The lowest BCUT2D eigenvalue weighted by molar-refractivity contribution is -0.211. The van der Waals surface area contributed by atoms with Gasteiger partial charge in [-0.05, 0) is 135 Å². The summed E-state index contributed by atoms with van der Waals surface area (Å²) in [6, 6.07) is 28.2. The minimum Gasteiger partial charge on any atom is -0.462 e. The number of esters is 3. The number of nitriles is 3. The van der Waals surface area contributed by atoms with Gasteiger partial charge in [-0.3, -0.25) is 0 Å². The Hall–Kier alpha value is -7.28. The smallest absolute Gasteiger partial charge is 0.338 e. The Labute approximate surface area is 405 Å². The molecule has 1 atom stereocenters. The lowest BCUT2D eigenvalue weighted by atomic mass is 9.68. The number of carbonyl (C=O) groups excluding carboxylic acids is 3. The molecule has 8 rings (SSSR count). The first kappa shape index (κ1) is 51.1. The largest absolute Gasteiger partial charge is 0.462 e. The number of nitrogens with zero attached hydrogens (tertiary/aromatic N) is 5. The fraction of sp³-hybridized carbons (Fsp3) is 0.382. The first-order chi connectivity index (χ1) is 33.6. The van der Waals surface area contributed by atoms with E-state index in [0.29, 0.717) is 66.3 Å². The maximum absolute atomic E-state index is 11.3. The molecular formula is C55H59N5O9. The second-order valence-electron chi connectivity index (χ2n) is 17.4. The van der Waals surface area contributed by atoms with Crippen molar-refractivity contribution in [3.63, 3.8) is 0 Å². The second-order valence-corrected chi connectivity index (χ2v) is 17.4. The highest BCUT2D eigenvalue weighted by molar-refractivity contribution is 5.81. The maximum atomic E-state index is 11.3. The molecular weight excluding hydrogens is 875 g/mol. The van der Waals surface area contributed by atoms with Crippen LogP contribution in [0.3, 0.4) is 0 Å². The van der Waals surface area contributed by atoms with Gasteiger partial charge >= 0.3 is 17.9 Å². The third-order valence-electron chi connectivity index (χ3n) is 12.7. The molecule has 358 valence electrons. The van der Waals surface area contributed by atoms with Gasteiger partial charge in [-0.2, -0.15) is 15.8 Å². The average Bonchev–Trinajstić information content (AvgIpc) is 4.28. The number of ether oxygens (including phenoxy) is 6. The van der Waals surface area contributed by atoms with Gasteiger partial charge in [-0.15, -0.1) is 0 Å². The van der Waals surface area contributed by atoms with Crippen LogP contribution in [0.25, 0.3) is 17.0 Å². The van der Waals surface area contributed by atoms with Gasteiger partial charge in [0.2, 0.25) is 0 Å². The summed E-state index contributed by atoms with van der Waals surface area (Å²) in [5.41, 5.74) is 6.70. The third-order valence-corrected chi connectivity index (χ3v) is 12.7. The molecule has 2 saturated heterocycles. The Kier molecular flexibility index (Phi) is 19.5. The topological polar surface area (TPSA) is 207 Å². The SMILES string of the molecule is C=CC(=O)OCC1CCC(C2CCC(C(=C)c3ccc(C#N)cc3)CC2)CC1.C=CC(=O)OCC1COC(c2ccc(C#N)cc2)OC1.N#Cc1ccc(-c2ncc(COC(=O)C3CO3)cn2)cc1.[HH]. The summed E-state index contributed by atoms with van der Waals surface area (Å²) in [5, 5.41) is 26.4. The van der Waals surface area contributed by atoms with E-state index in [-0.39, 0.29) is 32.5 Å². The van der Waals surface area contributed by atoms with Crippen LogP contribution in [0.4, 0.5) is 0 Å². The molecule has 3 heterocycles. The van der Waals surface area contributed by atoms with Crippen molar-refractivity contribution in [1.82, 2.24) is 9.97 Å². The highest BCUT2D eigenvalue weighted by Gasteiger charge is 2.34. The maximum Gasteiger partial charge on any atom is 0.338 e. The molecule has 4 aromatic rings. The molecule has 0 spiro atoms. The van der Waals surface area contributed by atoms with Crippen LogP contribution in [-0.2, 0) is 49.4 Å². The predicted octanol–water partition coefficient (Wildman–Crippen LogP) is 9.57. The van der Waals surface area contributed by atoms with Crippen molar-refractivity contribution in [3.05, 3.63) is 150 Å². The summed E-state index contributed by atoms with van der Waals surface area (Å²) in [5.74, 6) is 2.23. The molecule has 0 radical (unpaired) electrons. The van der Waals surface area contributed by atoms with E-state index in [1.54, 1.807) is 60.9 Å². The number of epoxide rings is 1. The highest BCUT2D eigenvalue weighted by atomic mass is 16.7. The van der Waals surface area contributed by atoms with Gasteiger partial charge in [0.15, 0.2) is 18.2 Å². The Bertz CT molecular complexity index is 2490. The van der Waals surface area contributed by atoms with E-state index >= 15 is 0 Å². The summed E-state index contributed by atoms with van der Waals surface area (Å²) in [7, 11) is 0. The van der Waals surface area contributed by atoms with Crippen LogP contribution in [0.1, 0.15) is 92.5 Å². The molecule has 4 aliphatic rings. The number of hydrogen-bond donors (Lipinski definition) is 0. The summed E-state index contributed by atoms with van der Waals surface area (Å²) < 4.78 is 31.2. The number of benzene rings is 3. The van der Waals surface area contributed by atoms with E-state index in [9.17, 15) is 14.4 Å². The van der Waals surface area contributed by atoms with Gasteiger partial charge < -0.3 is 28.4 Å². The minimum atomic E-state index is -0.445. The molecule has 14 heteroatoms. The van der Waals surface area contributed by atoms with Gasteiger partial charge in [0.25, 0.3) is 0 Å². The first-order valence-corrected chi connectivity index (χ1v) is 23.2. The van der Waals surface area contributed by atoms with Crippen molar-refractivity contribution in [2.75, 3.05) is 33.0 Å². The molecule has 2 saturated carbocycles. The Morgan fingerprint density at radius 1 is 0.638 bits per heavy atom. The van der Waals surface area contributed by atoms with Crippen LogP contribution in [0.15, 0.2) is 117 Å². The normalized spacial score (nSPS) is 22.3. The van der Waals surface area contributed by atoms with Crippen molar-refractivity contribution in [2.24, 2.45) is 29.6 Å². The lowest BCUT2D eigenvalue weighted by Crippen LogP contribution is -2.30. The minimum absolute atomic E-state index is 0. The van der Waals surface area contributed by atoms with Crippen LogP contribution in [0.5, 0.6) is 0 Å². The Morgan fingerprint density at radius 3 is 1.61 bits per heavy atom. The molecule has 1 aromatic heterocycles. The summed E-state index contributed by atoms with van der Waals surface area (Å²) in [4.78, 5) is 41.9. The van der Waals surface area contributed by atoms with Gasteiger partial charge in [-0.25, -0.2) is 24.4 Å². The van der Waals surface area contributed by atoms with Crippen molar-refractivity contribution in [3.8, 4) is 29.6 Å². The van der Waals surface area contributed by atoms with E-state index in [4.69, 9.17) is 44.2 Å². The van der Waals surface area contributed by atoms with E-state index in [1.165, 1.54) is 68.6 Å². The van der Waals surface area contributed by atoms with Crippen molar-refractivity contribution in [2.45, 2.75) is 70.4 Å². The van der Waals surface area contributed by atoms with Crippen molar-refractivity contribution >= 4 is 23.5 Å². The standard InChI is InChI=1S/C25H31NO2.C15H11N3O3.C15H15NO4.H2/c1-3-25(27)28-17-20-6-10-23(11-7-20)24-14-12-22(13-15-24)18(2)21-8-4-19(16-26)5-9-21;16-5-10-1-3-12(4-2-10)14-17-6-11(7-18-14)8-21-15(19)13-9-20-13;1-2-14(17)18-8-12-9-19-15(20-10-12)13-5-3-11(7-16)4-6-13;/h3-5,8-9,20,22-24H,1-2,6-7,10-15,17H2;1-4,6-7,13H,8-9H2;2-6,12,15H,1,8-10H2;1H. The van der Waals surface area contributed by atoms with Crippen LogP contribution in [0.2, 0.25) is 0 Å². The Morgan fingerprint density at radius 2 is 1.12 bits per heavy atom. The van der Waals surface area contributed by atoms with E-state index < -0.39 is 18.4 Å². The molecule has 4 fully saturated rings. The van der Waals surface area contributed by atoms with Gasteiger partial charge in [0.1, 0.15) is 6.61 Å². The molecule has 1 unspecified atom stereocenters. The van der Waals surface area contributed by atoms with Crippen LogP contribution < -0.4 is 0 Å². The van der Waals surface area contributed by atoms with Crippen LogP contribution >= 0.6 is 0 Å². The van der Waals surface area contributed by atoms with Crippen LogP contribution in [0, 0.1) is 63.6 Å². The monoisotopic (exact) mass is 933 g/mol. The second kappa shape index (κ2) is 26.3. The molecule has 0 amide bonds. The number of rotatable bonds is 14. The lowest BCUT2D eigenvalue weighted by Gasteiger charge is -2.38.